The number of carbonyl (C=O) groups excluding carboxylic acids is 1. The van der Waals surface area contributed by atoms with Crippen molar-refractivity contribution >= 4 is 27.5 Å². The molecule has 1 aromatic carbocycles. The van der Waals surface area contributed by atoms with Gasteiger partial charge in [0.25, 0.3) is 5.91 Å². The van der Waals surface area contributed by atoms with Gasteiger partial charge >= 0.3 is 0 Å². The van der Waals surface area contributed by atoms with E-state index in [-0.39, 0.29) is 11.7 Å². The summed E-state index contributed by atoms with van der Waals surface area (Å²) in [6.07, 6.45) is 0. The molecule has 1 amide bonds. The van der Waals surface area contributed by atoms with Crippen LogP contribution in [0.2, 0.25) is 0 Å². The number of nitrogens with zero attached hydrogens (tertiary/aromatic N) is 3. The van der Waals surface area contributed by atoms with Crippen molar-refractivity contribution < 1.29 is 9.18 Å². The van der Waals surface area contributed by atoms with E-state index in [1.54, 1.807) is 23.5 Å². The minimum atomic E-state index is -0.238. The molecule has 1 aliphatic rings. The third kappa shape index (κ3) is 3.07. The average Bonchev–Trinajstić information content (AvgIpc) is 3.19. The van der Waals surface area contributed by atoms with Crippen molar-refractivity contribution in [1.29, 1.82) is 0 Å². The minimum absolute atomic E-state index is 0.0350. The van der Waals surface area contributed by atoms with Crippen molar-refractivity contribution in [2.75, 3.05) is 33.2 Å². The van der Waals surface area contributed by atoms with Gasteiger partial charge in [-0.15, -0.1) is 11.3 Å². The van der Waals surface area contributed by atoms with Crippen LogP contribution in [0.4, 0.5) is 4.39 Å². The maximum absolute atomic E-state index is 14.1. The zero-order chi connectivity index (χ0) is 17.4. The number of rotatable bonds is 3. The Balaban J connectivity index is 1.70. The summed E-state index contributed by atoms with van der Waals surface area (Å²) in [6, 6.07) is 10.7. The van der Waals surface area contributed by atoms with Crippen molar-refractivity contribution in [1.82, 2.24) is 14.4 Å². The number of thiophene rings is 1. The Hall–Kier alpha value is -2.18. The van der Waals surface area contributed by atoms with Gasteiger partial charge in [-0.05, 0) is 30.6 Å². The Morgan fingerprint density at radius 3 is 2.68 bits per heavy atom. The molecular weight excluding hydrogens is 337 g/mol. The largest absolute Gasteiger partial charge is 0.335 e. The van der Waals surface area contributed by atoms with Crippen LogP contribution in [0.15, 0.2) is 41.8 Å². The summed E-state index contributed by atoms with van der Waals surface area (Å²) in [5.74, 6) is -0.203. The van der Waals surface area contributed by atoms with Crippen LogP contribution in [0.1, 0.15) is 16.1 Å². The molecule has 4 rings (SSSR count). The third-order valence-corrected chi connectivity index (χ3v) is 5.67. The first-order valence-electron chi connectivity index (χ1n) is 8.41. The summed E-state index contributed by atoms with van der Waals surface area (Å²) < 4.78 is 17.1. The van der Waals surface area contributed by atoms with Gasteiger partial charge in [-0.3, -0.25) is 4.79 Å². The van der Waals surface area contributed by atoms with E-state index in [2.05, 4.69) is 11.9 Å². The van der Waals surface area contributed by atoms with Crippen LogP contribution in [0, 0.1) is 5.82 Å². The van der Waals surface area contributed by atoms with Crippen molar-refractivity contribution in [3.05, 3.63) is 58.9 Å². The Kier molecular flexibility index (Phi) is 4.31. The first-order valence-corrected chi connectivity index (χ1v) is 9.29. The van der Waals surface area contributed by atoms with Crippen LogP contribution in [0.25, 0.3) is 10.2 Å². The Morgan fingerprint density at radius 2 is 1.92 bits per heavy atom. The second-order valence-electron chi connectivity index (χ2n) is 6.47. The highest BCUT2D eigenvalue weighted by Gasteiger charge is 2.24. The van der Waals surface area contributed by atoms with Gasteiger partial charge in [0.2, 0.25) is 0 Å². The number of likely N-dealkylation sites (N-methyl/N-ethyl adjacent to an activating group) is 1. The molecule has 130 valence electrons. The molecule has 0 aliphatic carbocycles. The first-order chi connectivity index (χ1) is 12.1. The lowest BCUT2D eigenvalue weighted by Gasteiger charge is -2.32. The smallest absolute Gasteiger partial charge is 0.270 e. The third-order valence-electron chi connectivity index (χ3n) is 4.82. The molecule has 0 radical (unpaired) electrons. The predicted octanol–water partition coefficient (Wildman–Crippen LogP) is 3.28. The number of carbonyl (C=O) groups is 1. The van der Waals surface area contributed by atoms with Gasteiger partial charge < -0.3 is 14.4 Å². The SMILES string of the molecule is CN1CCN(C(=O)c2cc3sccc3n2Cc2ccccc2F)CC1. The van der Waals surface area contributed by atoms with E-state index in [0.717, 1.165) is 36.4 Å². The first kappa shape index (κ1) is 16.3. The van der Waals surface area contributed by atoms with Gasteiger partial charge in [0.05, 0.1) is 16.8 Å². The number of fused-ring (bicyclic) bond motifs is 1. The summed E-state index contributed by atoms with van der Waals surface area (Å²) in [4.78, 5) is 17.2. The van der Waals surface area contributed by atoms with Crippen LogP contribution in [-0.4, -0.2) is 53.5 Å². The van der Waals surface area contributed by atoms with Crippen molar-refractivity contribution in [2.45, 2.75) is 6.54 Å². The van der Waals surface area contributed by atoms with Crippen LogP contribution >= 0.6 is 11.3 Å². The van der Waals surface area contributed by atoms with Crippen molar-refractivity contribution in [3.8, 4) is 0 Å². The van der Waals surface area contributed by atoms with Gasteiger partial charge in [-0.25, -0.2) is 4.39 Å². The van der Waals surface area contributed by atoms with Crippen LogP contribution in [-0.2, 0) is 6.54 Å². The molecule has 0 N–H and O–H groups in total. The summed E-state index contributed by atoms with van der Waals surface area (Å²) in [5, 5.41) is 2.01. The summed E-state index contributed by atoms with van der Waals surface area (Å²) in [5.41, 5.74) is 2.24. The van der Waals surface area contributed by atoms with Crippen LogP contribution in [0.5, 0.6) is 0 Å². The molecular formula is C19H20FN3OS. The fourth-order valence-corrected chi connectivity index (χ4v) is 4.12. The van der Waals surface area contributed by atoms with Gasteiger partial charge in [0.1, 0.15) is 11.5 Å². The Bertz CT molecular complexity index is 908. The molecule has 3 aromatic rings. The number of hydrogen-bond acceptors (Lipinski definition) is 3. The Labute approximate surface area is 150 Å². The molecule has 1 aliphatic heterocycles. The normalized spacial score (nSPS) is 15.8. The van der Waals surface area contributed by atoms with Gasteiger partial charge in [-0.2, -0.15) is 0 Å². The number of hydrogen-bond donors (Lipinski definition) is 0. The molecule has 25 heavy (non-hydrogen) atoms. The Morgan fingerprint density at radius 1 is 1.16 bits per heavy atom. The van der Waals surface area contributed by atoms with E-state index < -0.39 is 0 Å². The summed E-state index contributed by atoms with van der Waals surface area (Å²) in [7, 11) is 2.07. The number of aromatic nitrogens is 1. The standard InChI is InChI=1S/C19H20FN3OS/c1-21-7-9-22(10-8-21)19(24)17-12-18-16(6-11-25-18)23(17)13-14-4-2-3-5-15(14)20/h2-6,11-12H,7-10,13H2,1H3. The quantitative estimate of drug-likeness (QED) is 0.720. The molecule has 1 saturated heterocycles. The fraction of sp³-hybridized carbons (Fsp3) is 0.316. The maximum atomic E-state index is 14.1. The molecule has 4 nitrogen and oxygen atoms in total. The second kappa shape index (κ2) is 6.61. The highest BCUT2D eigenvalue weighted by atomic mass is 32.1. The second-order valence-corrected chi connectivity index (χ2v) is 7.42. The molecule has 0 bridgehead atoms. The minimum Gasteiger partial charge on any atom is -0.335 e. The molecule has 2 aromatic heterocycles. The molecule has 0 unspecified atom stereocenters. The topological polar surface area (TPSA) is 28.5 Å². The zero-order valence-electron chi connectivity index (χ0n) is 14.1. The average molecular weight is 357 g/mol. The van der Waals surface area contributed by atoms with E-state index in [4.69, 9.17) is 0 Å². The molecule has 0 atom stereocenters. The van der Waals surface area contributed by atoms with E-state index in [1.165, 1.54) is 6.07 Å². The van der Waals surface area contributed by atoms with Crippen LogP contribution < -0.4 is 0 Å². The van der Waals surface area contributed by atoms with Crippen molar-refractivity contribution in [2.24, 2.45) is 0 Å². The number of halogens is 1. The lowest BCUT2D eigenvalue weighted by molar-refractivity contribution is 0.0654. The van der Waals surface area contributed by atoms with E-state index in [1.807, 2.05) is 33.0 Å². The molecule has 0 spiro atoms. The lowest BCUT2D eigenvalue weighted by Crippen LogP contribution is -2.47. The molecule has 6 heteroatoms. The predicted molar refractivity (Wildman–Crippen MR) is 98.7 cm³/mol. The van der Waals surface area contributed by atoms with Crippen LogP contribution in [0.3, 0.4) is 0 Å². The van der Waals surface area contributed by atoms with Gasteiger partial charge in [-0.1, -0.05) is 18.2 Å². The van der Waals surface area contributed by atoms with E-state index in [9.17, 15) is 9.18 Å². The van der Waals surface area contributed by atoms with Gasteiger partial charge in [0.15, 0.2) is 0 Å². The summed E-state index contributed by atoms with van der Waals surface area (Å²) in [6.45, 7) is 3.59. The van der Waals surface area contributed by atoms with E-state index >= 15 is 0 Å². The number of amides is 1. The maximum Gasteiger partial charge on any atom is 0.270 e. The molecule has 0 saturated carbocycles. The highest BCUT2D eigenvalue weighted by molar-refractivity contribution is 7.17. The highest BCUT2D eigenvalue weighted by Crippen LogP contribution is 2.27. The zero-order valence-corrected chi connectivity index (χ0v) is 14.9. The number of piperazine rings is 1. The summed E-state index contributed by atoms with van der Waals surface area (Å²) >= 11 is 1.61. The lowest BCUT2D eigenvalue weighted by atomic mass is 10.2. The molecule has 1 fully saturated rings. The van der Waals surface area contributed by atoms with E-state index in [0.29, 0.717) is 17.8 Å². The molecule has 3 heterocycles. The fourth-order valence-electron chi connectivity index (χ4n) is 3.29. The number of benzene rings is 1. The van der Waals surface area contributed by atoms with Crippen molar-refractivity contribution in [3.63, 3.8) is 0 Å². The monoisotopic (exact) mass is 357 g/mol. The van der Waals surface area contributed by atoms with Gasteiger partial charge in [0, 0.05) is 31.7 Å².